The zero-order chi connectivity index (χ0) is 20.4. The molecule has 1 saturated carbocycles. The zero-order valence-corrected chi connectivity index (χ0v) is 17.3. The molecule has 1 aromatic carbocycles. The van der Waals surface area contributed by atoms with Gasteiger partial charge in [-0.2, -0.15) is 0 Å². The summed E-state index contributed by atoms with van der Waals surface area (Å²) in [7, 11) is 1.74. The second-order valence-electron chi connectivity index (χ2n) is 8.72. The van der Waals surface area contributed by atoms with Crippen molar-refractivity contribution in [3.05, 3.63) is 29.8 Å². The molecule has 2 heterocycles. The Bertz CT molecular complexity index is 746. The molecule has 6 heteroatoms. The second kappa shape index (κ2) is 8.56. The molecular weight excluding hydrogens is 366 g/mol. The van der Waals surface area contributed by atoms with Crippen LogP contribution >= 0.6 is 0 Å². The number of imide groups is 1. The lowest BCUT2D eigenvalue weighted by Crippen LogP contribution is -2.41. The molecule has 3 fully saturated rings. The molecule has 2 atom stereocenters. The van der Waals surface area contributed by atoms with Crippen LogP contribution in [0.2, 0.25) is 0 Å². The van der Waals surface area contributed by atoms with Gasteiger partial charge in [0.2, 0.25) is 17.7 Å². The standard InChI is InChI=1S/C23H31N3O3/c1-24(15-17-9-11-18(12-10-17)25-13-5-2-6-14-25)21(27)16-26-22(28)19-7-3-4-8-20(19)23(26)29/h9-12,19-20H,2-8,13-16H2,1H3/t19-,20-/m1/s1. The minimum Gasteiger partial charge on any atom is -0.372 e. The number of carbonyl (C=O) groups is 3. The molecule has 0 bridgehead atoms. The van der Waals surface area contributed by atoms with Crippen molar-refractivity contribution in [2.24, 2.45) is 11.8 Å². The van der Waals surface area contributed by atoms with Crippen molar-refractivity contribution in [3.8, 4) is 0 Å². The Morgan fingerprint density at radius 3 is 2.10 bits per heavy atom. The number of amides is 3. The topological polar surface area (TPSA) is 60.9 Å². The quantitative estimate of drug-likeness (QED) is 0.717. The van der Waals surface area contributed by atoms with Gasteiger partial charge in [-0.05, 0) is 49.8 Å². The van der Waals surface area contributed by atoms with E-state index in [1.54, 1.807) is 11.9 Å². The molecule has 2 saturated heterocycles. The number of fused-ring (bicyclic) bond motifs is 1. The third kappa shape index (κ3) is 4.16. The summed E-state index contributed by atoms with van der Waals surface area (Å²) in [6.07, 6.45) is 7.34. The number of hydrogen-bond donors (Lipinski definition) is 0. The average molecular weight is 398 g/mol. The van der Waals surface area contributed by atoms with E-state index in [0.29, 0.717) is 6.54 Å². The molecule has 3 amide bonds. The summed E-state index contributed by atoms with van der Waals surface area (Å²) in [6.45, 7) is 2.56. The van der Waals surface area contributed by atoms with E-state index >= 15 is 0 Å². The molecule has 1 aromatic rings. The molecule has 0 N–H and O–H groups in total. The summed E-state index contributed by atoms with van der Waals surface area (Å²) >= 11 is 0. The van der Waals surface area contributed by atoms with Crippen LogP contribution in [0, 0.1) is 11.8 Å². The summed E-state index contributed by atoms with van der Waals surface area (Å²) in [5.74, 6) is -0.876. The molecule has 156 valence electrons. The smallest absolute Gasteiger partial charge is 0.242 e. The monoisotopic (exact) mass is 397 g/mol. The molecule has 4 rings (SSSR count). The van der Waals surface area contributed by atoms with Crippen LogP contribution < -0.4 is 4.90 Å². The number of piperidine rings is 1. The summed E-state index contributed by atoms with van der Waals surface area (Å²) < 4.78 is 0. The van der Waals surface area contributed by atoms with Crippen LogP contribution in [0.1, 0.15) is 50.5 Å². The Hall–Kier alpha value is -2.37. The number of rotatable bonds is 5. The van der Waals surface area contributed by atoms with Gasteiger partial charge >= 0.3 is 0 Å². The van der Waals surface area contributed by atoms with Gasteiger partial charge in [0.15, 0.2) is 0 Å². The molecule has 0 unspecified atom stereocenters. The number of likely N-dealkylation sites (N-methyl/N-ethyl adjacent to an activating group) is 1. The second-order valence-corrected chi connectivity index (χ2v) is 8.72. The van der Waals surface area contributed by atoms with E-state index in [1.165, 1.54) is 29.8 Å². The molecular formula is C23H31N3O3. The van der Waals surface area contributed by atoms with Crippen molar-refractivity contribution < 1.29 is 14.4 Å². The molecule has 1 aliphatic carbocycles. The number of likely N-dealkylation sites (tertiary alicyclic amines) is 1. The zero-order valence-electron chi connectivity index (χ0n) is 17.3. The van der Waals surface area contributed by atoms with Gasteiger partial charge in [0.1, 0.15) is 6.54 Å². The van der Waals surface area contributed by atoms with E-state index in [-0.39, 0.29) is 36.1 Å². The van der Waals surface area contributed by atoms with E-state index in [1.807, 2.05) is 0 Å². The highest BCUT2D eigenvalue weighted by Crippen LogP contribution is 2.37. The predicted octanol–water partition coefficient (Wildman–Crippen LogP) is 2.81. The van der Waals surface area contributed by atoms with Crippen LogP contribution in [0.5, 0.6) is 0 Å². The van der Waals surface area contributed by atoms with Crippen LogP contribution in [-0.2, 0) is 20.9 Å². The first-order valence-electron chi connectivity index (χ1n) is 11.0. The van der Waals surface area contributed by atoms with Crippen molar-refractivity contribution in [2.45, 2.75) is 51.5 Å². The maximum absolute atomic E-state index is 12.7. The molecule has 3 aliphatic rings. The molecule has 29 heavy (non-hydrogen) atoms. The van der Waals surface area contributed by atoms with E-state index < -0.39 is 0 Å². The fourth-order valence-corrected chi connectivity index (χ4v) is 4.97. The summed E-state index contributed by atoms with van der Waals surface area (Å²) in [6, 6.07) is 8.37. The Morgan fingerprint density at radius 2 is 1.52 bits per heavy atom. The Balaban J connectivity index is 1.33. The number of benzene rings is 1. The molecule has 0 spiro atoms. The van der Waals surface area contributed by atoms with Gasteiger partial charge in [0.25, 0.3) is 0 Å². The average Bonchev–Trinajstić information content (AvgIpc) is 3.00. The fourth-order valence-electron chi connectivity index (χ4n) is 4.97. The van der Waals surface area contributed by atoms with Crippen LogP contribution in [0.25, 0.3) is 0 Å². The van der Waals surface area contributed by atoms with Crippen LogP contribution in [0.15, 0.2) is 24.3 Å². The van der Waals surface area contributed by atoms with Crippen LogP contribution in [0.3, 0.4) is 0 Å². The van der Waals surface area contributed by atoms with E-state index in [2.05, 4.69) is 29.2 Å². The lowest BCUT2D eigenvalue weighted by atomic mass is 9.81. The van der Waals surface area contributed by atoms with Crippen LogP contribution in [-0.4, -0.2) is 54.2 Å². The van der Waals surface area contributed by atoms with E-state index in [4.69, 9.17) is 0 Å². The third-order valence-electron chi connectivity index (χ3n) is 6.73. The fraction of sp³-hybridized carbons (Fsp3) is 0.609. The highest BCUT2D eigenvalue weighted by Gasteiger charge is 2.48. The minimum atomic E-state index is -0.198. The number of anilines is 1. The van der Waals surface area contributed by atoms with Gasteiger partial charge in [0, 0.05) is 32.4 Å². The largest absolute Gasteiger partial charge is 0.372 e. The van der Waals surface area contributed by atoms with Gasteiger partial charge in [-0.25, -0.2) is 0 Å². The first-order valence-corrected chi connectivity index (χ1v) is 11.0. The van der Waals surface area contributed by atoms with E-state index in [0.717, 1.165) is 44.3 Å². The normalized spacial score (nSPS) is 24.6. The molecule has 6 nitrogen and oxygen atoms in total. The summed E-state index contributed by atoms with van der Waals surface area (Å²) in [4.78, 5) is 43.1. The molecule has 0 radical (unpaired) electrons. The minimum absolute atomic E-state index is 0.132. The van der Waals surface area contributed by atoms with Crippen molar-refractivity contribution in [1.29, 1.82) is 0 Å². The van der Waals surface area contributed by atoms with Gasteiger partial charge in [0.05, 0.1) is 11.8 Å². The Labute approximate surface area is 172 Å². The van der Waals surface area contributed by atoms with Crippen molar-refractivity contribution >= 4 is 23.4 Å². The SMILES string of the molecule is CN(Cc1ccc(N2CCCCC2)cc1)C(=O)CN1C(=O)[C@@H]2CCCC[C@H]2C1=O. The van der Waals surface area contributed by atoms with Crippen molar-refractivity contribution in [2.75, 3.05) is 31.6 Å². The number of nitrogens with zero attached hydrogens (tertiary/aromatic N) is 3. The summed E-state index contributed by atoms with van der Waals surface area (Å²) in [5, 5.41) is 0. The highest BCUT2D eigenvalue weighted by molar-refractivity contribution is 6.07. The van der Waals surface area contributed by atoms with Gasteiger partial charge < -0.3 is 9.80 Å². The number of hydrogen-bond acceptors (Lipinski definition) is 4. The van der Waals surface area contributed by atoms with Gasteiger partial charge in [-0.1, -0.05) is 25.0 Å². The highest BCUT2D eigenvalue weighted by atomic mass is 16.2. The van der Waals surface area contributed by atoms with E-state index in [9.17, 15) is 14.4 Å². The number of carbonyl (C=O) groups excluding carboxylic acids is 3. The van der Waals surface area contributed by atoms with Gasteiger partial charge in [-0.3, -0.25) is 19.3 Å². The maximum Gasteiger partial charge on any atom is 0.242 e. The Kier molecular flexibility index (Phi) is 5.88. The summed E-state index contributed by atoms with van der Waals surface area (Å²) in [5.41, 5.74) is 2.28. The first-order chi connectivity index (χ1) is 14.0. The molecule has 2 aliphatic heterocycles. The van der Waals surface area contributed by atoms with Gasteiger partial charge in [-0.15, -0.1) is 0 Å². The van der Waals surface area contributed by atoms with Crippen molar-refractivity contribution in [3.63, 3.8) is 0 Å². The predicted molar refractivity (Wildman–Crippen MR) is 111 cm³/mol. The maximum atomic E-state index is 12.7. The lowest BCUT2D eigenvalue weighted by Gasteiger charge is -2.29. The first kappa shape index (κ1) is 19.9. The van der Waals surface area contributed by atoms with Crippen molar-refractivity contribution in [1.82, 2.24) is 9.80 Å². The molecule has 0 aromatic heterocycles. The van der Waals surface area contributed by atoms with Crippen LogP contribution in [0.4, 0.5) is 5.69 Å². The Morgan fingerprint density at radius 1 is 0.931 bits per heavy atom. The third-order valence-corrected chi connectivity index (χ3v) is 6.73. The lowest BCUT2D eigenvalue weighted by molar-refractivity contribution is -0.146.